The van der Waals surface area contributed by atoms with Crippen LogP contribution < -0.4 is 5.32 Å². The first-order valence-electron chi connectivity index (χ1n) is 6.53. The third-order valence-electron chi connectivity index (χ3n) is 3.04. The molecular formula is C16H15N3O3. The van der Waals surface area contributed by atoms with E-state index in [9.17, 15) is 4.79 Å². The van der Waals surface area contributed by atoms with Crippen molar-refractivity contribution >= 4 is 23.0 Å². The molecule has 0 saturated heterocycles. The number of amides is 1. The lowest BCUT2D eigenvalue weighted by Crippen LogP contribution is -2.14. The third-order valence-corrected chi connectivity index (χ3v) is 3.04. The van der Waals surface area contributed by atoms with Crippen molar-refractivity contribution in [3.63, 3.8) is 0 Å². The van der Waals surface area contributed by atoms with E-state index in [1.165, 1.54) is 6.92 Å². The van der Waals surface area contributed by atoms with Crippen LogP contribution >= 0.6 is 0 Å². The monoisotopic (exact) mass is 297 g/mol. The molecule has 0 heterocycles. The fourth-order valence-corrected chi connectivity index (χ4v) is 1.89. The molecule has 6 nitrogen and oxygen atoms in total. The van der Waals surface area contributed by atoms with Gasteiger partial charge in [0.25, 0.3) is 5.91 Å². The Kier molecular flexibility index (Phi) is 4.87. The zero-order valence-electron chi connectivity index (χ0n) is 11.9. The number of rotatable bonds is 4. The van der Waals surface area contributed by atoms with Crippen LogP contribution in [0.1, 0.15) is 22.8 Å². The van der Waals surface area contributed by atoms with Gasteiger partial charge in [0.05, 0.1) is 0 Å². The topological polar surface area (TPSA) is 94.3 Å². The summed E-state index contributed by atoms with van der Waals surface area (Å²) >= 11 is 0. The number of oxime groups is 2. The van der Waals surface area contributed by atoms with Crippen molar-refractivity contribution in [2.75, 3.05) is 5.32 Å². The van der Waals surface area contributed by atoms with Crippen molar-refractivity contribution < 1.29 is 15.2 Å². The summed E-state index contributed by atoms with van der Waals surface area (Å²) in [5.41, 5.74) is 2.07. The molecule has 0 unspecified atom stereocenters. The molecule has 112 valence electrons. The van der Waals surface area contributed by atoms with Gasteiger partial charge in [-0.25, -0.2) is 0 Å². The first kappa shape index (κ1) is 15.2. The molecular weight excluding hydrogens is 282 g/mol. The second-order valence-corrected chi connectivity index (χ2v) is 4.53. The maximum Gasteiger partial charge on any atom is 0.255 e. The van der Waals surface area contributed by atoms with E-state index in [0.29, 0.717) is 16.8 Å². The number of nitrogens with one attached hydrogen (secondary N) is 1. The first-order chi connectivity index (χ1) is 10.7. The number of benzene rings is 2. The molecule has 0 aliphatic carbocycles. The lowest BCUT2D eigenvalue weighted by molar-refractivity contribution is 0.102. The van der Waals surface area contributed by atoms with Crippen LogP contribution in [0.15, 0.2) is 64.9 Å². The Labute approximate surface area is 127 Å². The van der Waals surface area contributed by atoms with Crippen molar-refractivity contribution in [1.29, 1.82) is 0 Å². The molecule has 0 radical (unpaired) electrons. The lowest BCUT2D eigenvalue weighted by atomic mass is 10.1. The molecule has 2 aromatic rings. The smallest absolute Gasteiger partial charge is 0.255 e. The van der Waals surface area contributed by atoms with E-state index in [4.69, 9.17) is 10.4 Å². The second kappa shape index (κ2) is 7.03. The molecule has 0 saturated carbocycles. The fourth-order valence-electron chi connectivity index (χ4n) is 1.89. The summed E-state index contributed by atoms with van der Waals surface area (Å²) in [5.74, 6) is -0.211. The molecule has 1 amide bonds. The summed E-state index contributed by atoms with van der Waals surface area (Å²) in [6.07, 6.45) is 0. The summed E-state index contributed by atoms with van der Waals surface area (Å²) in [4.78, 5) is 12.0. The van der Waals surface area contributed by atoms with E-state index >= 15 is 0 Å². The minimum absolute atomic E-state index is 0.156. The second-order valence-electron chi connectivity index (χ2n) is 4.53. The van der Waals surface area contributed by atoms with Gasteiger partial charge >= 0.3 is 0 Å². The third kappa shape index (κ3) is 3.49. The molecule has 3 N–H and O–H groups in total. The summed E-state index contributed by atoms with van der Waals surface area (Å²) < 4.78 is 0. The standard InChI is InChI=1S/C16H15N3O3/c1-11(18-21)15(19-22)12-7-9-14(10-8-12)17-16(20)13-5-3-2-4-6-13/h2-10,21-22H,1H3,(H,17,20)/b18-11+,19-15-. The zero-order chi connectivity index (χ0) is 15.9. The van der Waals surface area contributed by atoms with E-state index in [1.807, 2.05) is 6.07 Å². The Bertz CT molecular complexity index is 707. The number of carbonyl (C=O) groups excluding carboxylic acids is 1. The summed E-state index contributed by atoms with van der Waals surface area (Å²) in [5, 5.41) is 26.6. The van der Waals surface area contributed by atoms with Crippen molar-refractivity contribution in [2.24, 2.45) is 10.3 Å². The normalized spacial score (nSPS) is 12.0. The predicted molar refractivity (Wildman–Crippen MR) is 84.1 cm³/mol. The first-order valence-corrected chi connectivity index (χ1v) is 6.53. The highest BCUT2D eigenvalue weighted by Crippen LogP contribution is 2.13. The number of nitrogens with zero attached hydrogens (tertiary/aromatic N) is 2. The summed E-state index contributed by atoms with van der Waals surface area (Å²) in [6.45, 7) is 1.51. The van der Waals surface area contributed by atoms with Gasteiger partial charge in [0, 0.05) is 16.8 Å². The molecule has 0 spiro atoms. The molecule has 0 fully saturated rings. The van der Waals surface area contributed by atoms with Crippen LogP contribution in [0.25, 0.3) is 0 Å². The van der Waals surface area contributed by atoms with E-state index < -0.39 is 0 Å². The van der Waals surface area contributed by atoms with Crippen LogP contribution in [-0.4, -0.2) is 27.7 Å². The number of anilines is 1. The Morgan fingerprint density at radius 2 is 1.55 bits per heavy atom. The van der Waals surface area contributed by atoms with Gasteiger partial charge in [-0.15, -0.1) is 0 Å². The molecule has 0 bridgehead atoms. The van der Waals surface area contributed by atoms with Gasteiger partial charge in [-0.3, -0.25) is 4.79 Å². The minimum Gasteiger partial charge on any atom is -0.411 e. The zero-order valence-corrected chi connectivity index (χ0v) is 11.9. The maximum absolute atomic E-state index is 12.0. The lowest BCUT2D eigenvalue weighted by Gasteiger charge is -2.07. The number of carbonyl (C=O) groups is 1. The number of hydrogen-bond donors (Lipinski definition) is 3. The van der Waals surface area contributed by atoms with Gasteiger partial charge in [-0.2, -0.15) is 0 Å². The maximum atomic E-state index is 12.0. The van der Waals surface area contributed by atoms with E-state index in [2.05, 4.69) is 15.6 Å². The highest BCUT2D eigenvalue weighted by molar-refractivity contribution is 6.47. The van der Waals surface area contributed by atoms with Gasteiger partial charge in [0.15, 0.2) is 0 Å². The average molecular weight is 297 g/mol. The van der Waals surface area contributed by atoms with Gasteiger partial charge in [0.1, 0.15) is 11.4 Å². The van der Waals surface area contributed by atoms with E-state index in [1.54, 1.807) is 48.5 Å². The van der Waals surface area contributed by atoms with Crippen molar-refractivity contribution in [3.8, 4) is 0 Å². The van der Waals surface area contributed by atoms with Crippen LogP contribution in [0.3, 0.4) is 0 Å². The average Bonchev–Trinajstić information content (AvgIpc) is 2.57. The molecule has 0 aliphatic rings. The molecule has 6 heteroatoms. The molecule has 0 atom stereocenters. The largest absolute Gasteiger partial charge is 0.411 e. The Morgan fingerprint density at radius 3 is 2.09 bits per heavy atom. The van der Waals surface area contributed by atoms with Crippen molar-refractivity contribution in [1.82, 2.24) is 0 Å². The highest BCUT2D eigenvalue weighted by Gasteiger charge is 2.10. The van der Waals surface area contributed by atoms with Crippen molar-refractivity contribution in [3.05, 3.63) is 65.7 Å². The Hall–Kier alpha value is -3.15. The molecule has 0 aromatic heterocycles. The Balaban J connectivity index is 2.14. The molecule has 0 aliphatic heterocycles. The van der Waals surface area contributed by atoms with Gasteiger partial charge in [-0.1, -0.05) is 40.6 Å². The molecule has 2 aromatic carbocycles. The van der Waals surface area contributed by atoms with Gasteiger partial charge < -0.3 is 15.7 Å². The number of hydrogen-bond acceptors (Lipinski definition) is 5. The van der Waals surface area contributed by atoms with Gasteiger partial charge in [0.2, 0.25) is 0 Å². The van der Waals surface area contributed by atoms with Crippen molar-refractivity contribution in [2.45, 2.75) is 6.92 Å². The van der Waals surface area contributed by atoms with Crippen LogP contribution in [-0.2, 0) is 0 Å². The summed E-state index contributed by atoms with van der Waals surface area (Å²) in [7, 11) is 0. The predicted octanol–water partition coefficient (Wildman–Crippen LogP) is 2.97. The van der Waals surface area contributed by atoms with Crippen LogP contribution in [0.5, 0.6) is 0 Å². The summed E-state index contributed by atoms with van der Waals surface area (Å²) in [6, 6.07) is 15.5. The van der Waals surface area contributed by atoms with Crippen LogP contribution in [0, 0.1) is 0 Å². The van der Waals surface area contributed by atoms with E-state index in [0.717, 1.165) is 0 Å². The molecule has 22 heavy (non-hydrogen) atoms. The minimum atomic E-state index is -0.211. The highest BCUT2D eigenvalue weighted by atomic mass is 16.4. The Morgan fingerprint density at radius 1 is 0.909 bits per heavy atom. The van der Waals surface area contributed by atoms with Crippen LogP contribution in [0.4, 0.5) is 5.69 Å². The van der Waals surface area contributed by atoms with E-state index in [-0.39, 0.29) is 17.3 Å². The SMILES string of the molecule is CC(=N\O)/C(=N/O)c1ccc(NC(=O)c2ccccc2)cc1. The molecule has 2 rings (SSSR count). The quantitative estimate of drug-likeness (QED) is 0.460. The van der Waals surface area contributed by atoms with Crippen LogP contribution in [0.2, 0.25) is 0 Å². The fraction of sp³-hybridized carbons (Fsp3) is 0.0625. The van der Waals surface area contributed by atoms with Gasteiger partial charge in [-0.05, 0) is 31.2 Å².